The average molecular weight is 295 g/mol. The number of rotatable bonds is 6. The number of nitrogens with zero attached hydrogens (tertiary/aromatic N) is 1. The molecule has 0 unspecified atom stereocenters. The Labute approximate surface area is 120 Å². The normalized spacial score (nSPS) is 10.6. The summed E-state index contributed by atoms with van der Waals surface area (Å²) in [5, 5.41) is 6.18. The molecule has 1 aromatic carbocycles. The molecule has 0 aliphatic carbocycles. The molecular weight excluding hydrogens is 280 g/mol. The predicted molar refractivity (Wildman–Crippen MR) is 80.0 cm³/mol. The van der Waals surface area contributed by atoms with E-state index in [1.807, 2.05) is 19.1 Å². The van der Waals surface area contributed by atoms with E-state index in [4.69, 9.17) is 0 Å². The van der Waals surface area contributed by atoms with Crippen molar-refractivity contribution < 1.29 is 8.78 Å². The summed E-state index contributed by atoms with van der Waals surface area (Å²) in [5.74, 6) is -1.08. The van der Waals surface area contributed by atoms with E-state index in [2.05, 4.69) is 15.6 Å². The van der Waals surface area contributed by atoms with Gasteiger partial charge in [-0.25, -0.2) is 4.98 Å². The SMILES string of the molecule is CCNc1cccc(Nc2ccccc2SC(F)F)n1. The minimum Gasteiger partial charge on any atom is -0.370 e. The van der Waals surface area contributed by atoms with Crippen LogP contribution in [0.4, 0.5) is 26.1 Å². The Bertz CT molecular complexity index is 564. The molecule has 3 nitrogen and oxygen atoms in total. The van der Waals surface area contributed by atoms with Gasteiger partial charge < -0.3 is 10.6 Å². The maximum Gasteiger partial charge on any atom is 0.288 e. The second-order valence-corrected chi connectivity index (χ2v) is 4.97. The Morgan fingerprint density at radius 3 is 2.60 bits per heavy atom. The van der Waals surface area contributed by atoms with Crippen LogP contribution in [0.1, 0.15) is 6.92 Å². The Kier molecular flexibility index (Phi) is 5.17. The van der Waals surface area contributed by atoms with Crippen molar-refractivity contribution in [3.8, 4) is 0 Å². The Hall–Kier alpha value is -1.82. The van der Waals surface area contributed by atoms with Gasteiger partial charge in [0.15, 0.2) is 0 Å². The standard InChI is InChI=1S/C14H15F2N3S/c1-2-17-12-8-5-9-13(19-12)18-10-6-3-4-7-11(10)20-14(15)16/h3-9,14H,2H2,1H3,(H2,17,18,19). The van der Waals surface area contributed by atoms with Crippen LogP contribution in [-0.2, 0) is 0 Å². The number of nitrogens with one attached hydrogen (secondary N) is 2. The number of pyridine rings is 1. The van der Waals surface area contributed by atoms with Gasteiger partial charge in [-0.1, -0.05) is 30.0 Å². The molecular formula is C14H15F2N3S. The molecule has 1 heterocycles. The van der Waals surface area contributed by atoms with Gasteiger partial charge in [-0.05, 0) is 31.2 Å². The van der Waals surface area contributed by atoms with Gasteiger partial charge in [-0.15, -0.1) is 0 Å². The van der Waals surface area contributed by atoms with Crippen LogP contribution in [0.15, 0.2) is 47.4 Å². The Balaban J connectivity index is 2.19. The van der Waals surface area contributed by atoms with Crippen molar-refractivity contribution in [1.29, 1.82) is 0 Å². The zero-order valence-electron chi connectivity index (χ0n) is 10.9. The largest absolute Gasteiger partial charge is 0.370 e. The number of anilines is 3. The summed E-state index contributed by atoms with van der Waals surface area (Å²) >= 11 is 0.520. The van der Waals surface area contributed by atoms with Crippen LogP contribution in [0, 0.1) is 0 Å². The summed E-state index contributed by atoms with van der Waals surface area (Å²) in [4.78, 5) is 4.86. The molecule has 0 aliphatic rings. The Morgan fingerprint density at radius 2 is 1.85 bits per heavy atom. The second kappa shape index (κ2) is 7.09. The fraction of sp³-hybridized carbons (Fsp3) is 0.214. The highest BCUT2D eigenvalue weighted by atomic mass is 32.2. The molecule has 2 rings (SSSR count). The van der Waals surface area contributed by atoms with Gasteiger partial charge in [-0.3, -0.25) is 0 Å². The first-order valence-electron chi connectivity index (χ1n) is 6.21. The molecule has 0 bridgehead atoms. The summed E-state index contributed by atoms with van der Waals surface area (Å²) in [7, 11) is 0. The van der Waals surface area contributed by atoms with Crippen molar-refractivity contribution in [2.24, 2.45) is 0 Å². The lowest BCUT2D eigenvalue weighted by molar-refractivity contribution is 0.252. The number of alkyl halides is 2. The minimum atomic E-state index is -2.45. The molecule has 6 heteroatoms. The van der Waals surface area contributed by atoms with Gasteiger partial charge in [0.05, 0.1) is 5.69 Å². The lowest BCUT2D eigenvalue weighted by atomic mass is 10.3. The van der Waals surface area contributed by atoms with Gasteiger partial charge in [0.1, 0.15) is 11.6 Å². The third kappa shape index (κ3) is 4.09. The maximum atomic E-state index is 12.5. The van der Waals surface area contributed by atoms with Crippen molar-refractivity contribution in [2.75, 3.05) is 17.2 Å². The van der Waals surface area contributed by atoms with E-state index in [0.29, 0.717) is 28.2 Å². The van der Waals surface area contributed by atoms with E-state index >= 15 is 0 Å². The molecule has 0 aliphatic heterocycles. The van der Waals surface area contributed by atoms with Crippen LogP contribution in [0.25, 0.3) is 0 Å². The molecule has 0 fully saturated rings. The highest BCUT2D eigenvalue weighted by Crippen LogP contribution is 2.33. The van der Waals surface area contributed by atoms with Gasteiger partial charge in [0.25, 0.3) is 5.76 Å². The minimum absolute atomic E-state index is 0.498. The topological polar surface area (TPSA) is 37.0 Å². The number of thioether (sulfide) groups is 1. The van der Waals surface area contributed by atoms with Gasteiger partial charge in [0.2, 0.25) is 0 Å². The quantitative estimate of drug-likeness (QED) is 0.765. The first kappa shape index (κ1) is 14.6. The number of para-hydroxylation sites is 1. The number of halogens is 2. The van der Waals surface area contributed by atoms with Crippen molar-refractivity contribution in [3.05, 3.63) is 42.5 Å². The van der Waals surface area contributed by atoms with E-state index in [-0.39, 0.29) is 0 Å². The van der Waals surface area contributed by atoms with Crippen molar-refractivity contribution >= 4 is 29.1 Å². The maximum absolute atomic E-state index is 12.5. The predicted octanol–water partition coefficient (Wildman–Crippen LogP) is 4.57. The molecule has 0 saturated heterocycles. The van der Waals surface area contributed by atoms with Gasteiger partial charge in [-0.2, -0.15) is 8.78 Å². The fourth-order valence-corrected chi connectivity index (χ4v) is 2.29. The van der Waals surface area contributed by atoms with E-state index in [1.165, 1.54) is 0 Å². The summed E-state index contributed by atoms with van der Waals surface area (Å²) < 4.78 is 25.0. The molecule has 2 N–H and O–H groups in total. The van der Waals surface area contributed by atoms with Crippen molar-refractivity contribution in [1.82, 2.24) is 4.98 Å². The van der Waals surface area contributed by atoms with Crippen LogP contribution in [0.2, 0.25) is 0 Å². The molecule has 0 saturated carbocycles. The van der Waals surface area contributed by atoms with E-state index in [0.717, 1.165) is 12.4 Å². The number of hydrogen-bond donors (Lipinski definition) is 2. The third-order valence-electron chi connectivity index (χ3n) is 2.47. The summed E-state index contributed by atoms with van der Waals surface area (Å²) in [6.07, 6.45) is 0. The van der Waals surface area contributed by atoms with Gasteiger partial charge in [0, 0.05) is 11.4 Å². The smallest absolute Gasteiger partial charge is 0.288 e. The monoisotopic (exact) mass is 295 g/mol. The molecule has 0 atom stereocenters. The lowest BCUT2D eigenvalue weighted by Gasteiger charge is -2.11. The van der Waals surface area contributed by atoms with Crippen LogP contribution in [0.3, 0.4) is 0 Å². The average Bonchev–Trinajstić information content (AvgIpc) is 2.41. The molecule has 106 valence electrons. The zero-order valence-corrected chi connectivity index (χ0v) is 11.8. The highest BCUT2D eigenvalue weighted by molar-refractivity contribution is 7.99. The first-order chi connectivity index (χ1) is 9.69. The summed E-state index contributed by atoms with van der Waals surface area (Å²) in [6.45, 7) is 2.75. The van der Waals surface area contributed by atoms with E-state index in [9.17, 15) is 8.78 Å². The van der Waals surface area contributed by atoms with Crippen LogP contribution < -0.4 is 10.6 Å². The number of benzene rings is 1. The molecule has 20 heavy (non-hydrogen) atoms. The third-order valence-corrected chi connectivity index (χ3v) is 3.26. The van der Waals surface area contributed by atoms with Crippen LogP contribution in [-0.4, -0.2) is 17.3 Å². The molecule has 0 amide bonds. The van der Waals surface area contributed by atoms with E-state index in [1.54, 1.807) is 30.3 Å². The molecule has 1 aromatic heterocycles. The molecule has 0 spiro atoms. The van der Waals surface area contributed by atoms with E-state index < -0.39 is 5.76 Å². The summed E-state index contributed by atoms with van der Waals surface area (Å²) in [5.41, 5.74) is 0.624. The zero-order chi connectivity index (χ0) is 14.4. The second-order valence-electron chi connectivity index (χ2n) is 3.94. The lowest BCUT2D eigenvalue weighted by Crippen LogP contribution is -2.01. The summed E-state index contributed by atoms with van der Waals surface area (Å²) in [6, 6.07) is 12.5. The van der Waals surface area contributed by atoms with Gasteiger partial charge >= 0.3 is 0 Å². The van der Waals surface area contributed by atoms with Crippen molar-refractivity contribution in [2.45, 2.75) is 17.6 Å². The fourth-order valence-electron chi connectivity index (χ4n) is 1.69. The van der Waals surface area contributed by atoms with Crippen LogP contribution >= 0.6 is 11.8 Å². The highest BCUT2D eigenvalue weighted by Gasteiger charge is 2.10. The Morgan fingerprint density at radius 1 is 1.10 bits per heavy atom. The number of hydrogen-bond acceptors (Lipinski definition) is 4. The van der Waals surface area contributed by atoms with Crippen molar-refractivity contribution in [3.63, 3.8) is 0 Å². The van der Waals surface area contributed by atoms with Crippen LogP contribution in [0.5, 0.6) is 0 Å². The molecule has 2 aromatic rings. The first-order valence-corrected chi connectivity index (χ1v) is 7.09. The molecule has 0 radical (unpaired) electrons. The number of aromatic nitrogens is 1.